The minimum atomic E-state index is -1.17. The van der Waals surface area contributed by atoms with Crippen molar-refractivity contribution in [3.63, 3.8) is 0 Å². The van der Waals surface area contributed by atoms with Gasteiger partial charge in [-0.25, -0.2) is 4.79 Å². The number of esters is 1. The maximum atomic E-state index is 11.7. The zero-order chi connectivity index (χ0) is 15.8. The van der Waals surface area contributed by atoms with Crippen molar-refractivity contribution >= 4 is 23.8 Å². The third kappa shape index (κ3) is 5.17. The molecule has 1 unspecified atom stereocenters. The van der Waals surface area contributed by atoms with E-state index in [0.29, 0.717) is 5.06 Å². The van der Waals surface area contributed by atoms with Crippen molar-refractivity contribution in [3.05, 3.63) is 0 Å². The van der Waals surface area contributed by atoms with Crippen molar-refractivity contribution < 1.29 is 28.8 Å². The summed E-state index contributed by atoms with van der Waals surface area (Å²) in [6.45, 7) is 3.64. The average molecular weight is 299 g/mol. The quantitative estimate of drug-likeness (QED) is 0.291. The van der Waals surface area contributed by atoms with E-state index in [2.05, 4.69) is 11.8 Å². The van der Waals surface area contributed by atoms with Gasteiger partial charge in [0.2, 0.25) is 0 Å². The van der Waals surface area contributed by atoms with E-state index in [1.54, 1.807) is 0 Å². The van der Waals surface area contributed by atoms with Gasteiger partial charge < -0.3 is 9.57 Å². The molecule has 0 bridgehead atoms. The molecule has 0 saturated carbocycles. The molecule has 118 valence electrons. The Hall–Kier alpha value is -1.92. The Morgan fingerprint density at radius 1 is 1.10 bits per heavy atom. The molecular formula is C14H21NO6. The molecule has 0 N–H and O–H groups in total. The Labute approximate surface area is 123 Å². The van der Waals surface area contributed by atoms with Gasteiger partial charge in [-0.15, -0.1) is 5.06 Å². The van der Waals surface area contributed by atoms with Crippen LogP contribution in [0.15, 0.2) is 0 Å². The van der Waals surface area contributed by atoms with Crippen molar-refractivity contribution in [2.75, 3.05) is 6.61 Å². The molecule has 0 spiro atoms. The van der Waals surface area contributed by atoms with Gasteiger partial charge in [0.15, 0.2) is 5.92 Å². The summed E-state index contributed by atoms with van der Waals surface area (Å²) in [6.07, 6.45) is 3.87. The van der Waals surface area contributed by atoms with Crippen LogP contribution >= 0.6 is 0 Å². The molecule has 1 rings (SSSR count). The number of hydrogen-bond donors (Lipinski definition) is 0. The number of unbranched alkanes of at least 4 members (excludes halogenated alkanes) is 3. The van der Waals surface area contributed by atoms with E-state index in [1.807, 2.05) is 0 Å². The minimum Gasteiger partial charge on any atom is -0.465 e. The molecule has 1 heterocycles. The number of carbonyl (C=O) groups is 4. The summed E-state index contributed by atoms with van der Waals surface area (Å²) in [7, 11) is 0. The summed E-state index contributed by atoms with van der Waals surface area (Å²) in [6, 6.07) is 0. The fraction of sp³-hybridized carbons (Fsp3) is 0.714. The van der Waals surface area contributed by atoms with Crippen LogP contribution in [0.3, 0.4) is 0 Å². The number of amides is 2. The molecule has 1 saturated heterocycles. The monoisotopic (exact) mass is 299 g/mol. The first-order valence-electron chi connectivity index (χ1n) is 7.21. The highest BCUT2D eigenvalue weighted by atomic mass is 16.7. The third-order valence-electron chi connectivity index (χ3n) is 3.14. The van der Waals surface area contributed by atoms with Crippen LogP contribution in [0.2, 0.25) is 0 Å². The zero-order valence-corrected chi connectivity index (χ0v) is 12.4. The van der Waals surface area contributed by atoms with Crippen LogP contribution < -0.4 is 0 Å². The molecule has 1 aliphatic heterocycles. The van der Waals surface area contributed by atoms with E-state index >= 15 is 0 Å². The molecule has 2 amide bonds. The summed E-state index contributed by atoms with van der Waals surface area (Å²) >= 11 is 0. The van der Waals surface area contributed by atoms with Gasteiger partial charge in [0, 0.05) is 12.8 Å². The lowest BCUT2D eigenvalue weighted by Crippen LogP contribution is -2.36. The predicted octanol–water partition coefficient (Wildman–Crippen LogP) is 1.35. The minimum absolute atomic E-state index is 0.0162. The van der Waals surface area contributed by atoms with Crippen LogP contribution in [0.4, 0.5) is 0 Å². The van der Waals surface area contributed by atoms with Gasteiger partial charge in [0.1, 0.15) is 0 Å². The fourth-order valence-electron chi connectivity index (χ4n) is 1.75. The normalized spacial score (nSPS) is 16.0. The van der Waals surface area contributed by atoms with Gasteiger partial charge >= 0.3 is 11.9 Å². The molecule has 1 aliphatic rings. The largest absolute Gasteiger partial charge is 0.465 e. The highest BCUT2D eigenvalue weighted by Gasteiger charge is 2.35. The lowest BCUT2D eigenvalue weighted by molar-refractivity contribution is -0.202. The molecule has 0 aliphatic carbocycles. The van der Waals surface area contributed by atoms with E-state index in [9.17, 15) is 19.2 Å². The van der Waals surface area contributed by atoms with Crippen LogP contribution in [-0.2, 0) is 28.8 Å². The van der Waals surface area contributed by atoms with Crippen LogP contribution in [-0.4, -0.2) is 35.4 Å². The lowest BCUT2D eigenvalue weighted by Gasteiger charge is -2.15. The van der Waals surface area contributed by atoms with Gasteiger partial charge in [-0.3, -0.25) is 14.4 Å². The molecule has 0 radical (unpaired) electrons. The number of rotatable bonds is 8. The molecule has 1 fully saturated rings. The summed E-state index contributed by atoms with van der Waals surface area (Å²) in [5.41, 5.74) is 0. The number of hydroxylamine groups is 2. The highest BCUT2D eigenvalue weighted by molar-refractivity contribution is 6.02. The van der Waals surface area contributed by atoms with Crippen LogP contribution in [0.5, 0.6) is 0 Å². The van der Waals surface area contributed by atoms with E-state index in [-0.39, 0.29) is 19.4 Å². The zero-order valence-electron chi connectivity index (χ0n) is 12.4. The van der Waals surface area contributed by atoms with E-state index < -0.39 is 29.7 Å². The van der Waals surface area contributed by atoms with Gasteiger partial charge in [-0.1, -0.05) is 26.2 Å². The van der Waals surface area contributed by atoms with Crippen LogP contribution in [0.1, 0.15) is 52.4 Å². The first-order valence-corrected chi connectivity index (χ1v) is 7.21. The Bertz CT molecular complexity index is 404. The first kappa shape index (κ1) is 17.1. The van der Waals surface area contributed by atoms with E-state index in [4.69, 9.17) is 4.74 Å². The van der Waals surface area contributed by atoms with Crippen molar-refractivity contribution in [1.29, 1.82) is 0 Å². The van der Waals surface area contributed by atoms with Gasteiger partial charge in [-0.2, -0.15) is 0 Å². The van der Waals surface area contributed by atoms with E-state index in [0.717, 1.165) is 25.7 Å². The Balaban J connectivity index is 2.34. The van der Waals surface area contributed by atoms with Crippen molar-refractivity contribution in [2.45, 2.75) is 52.4 Å². The van der Waals surface area contributed by atoms with Crippen molar-refractivity contribution in [3.8, 4) is 0 Å². The van der Waals surface area contributed by atoms with Crippen LogP contribution in [0.25, 0.3) is 0 Å². The second-order valence-corrected chi connectivity index (χ2v) is 4.94. The Morgan fingerprint density at radius 2 is 1.71 bits per heavy atom. The second kappa shape index (κ2) is 8.39. The SMILES string of the molecule is CCCCCCOC(=O)C(C)C(=O)ON1C(=O)CCC1=O. The third-order valence-corrected chi connectivity index (χ3v) is 3.14. The molecule has 0 aromatic carbocycles. The molecule has 1 atom stereocenters. The molecular weight excluding hydrogens is 278 g/mol. The maximum Gasteiger partial charge on any atom is 0.347 e. The van der Waals surface area contributed by atoms with Crippen LogP contribution in [0, 0.1) is 5.92 Å². The molecule has 7 nitrogen and oxygen atoms in total. The summed E-state index contributed by atoms with van der Waals surface area (Å²) in [5.74, 6) is -3.99. The highest BCUT2D eigenvalue weighted by Crippen LogP contribution is 2.14. The summed E-state index contributed by atoms with van der Waals surface area (Å²) < 4.78 is 4.96. The molecule has 0 aromatic heterocycles. The first-order chi connectivity index (χ1) is 9.97. The molecule has 0 aromatic rings. The molecule has 7 heteroatoms. The van der Waals surface area contributed by atoms with Gasteiger partial charge in [-0.05, 0) is 13.3 Å². The number of nitrogens with zero attached hydrogens (tertiary/aromatic N) is 1. The topological polar surface area (TPSA) is 90.0 Å². The van der Waals surface area contributed by atoms with Gasteiger partial charge in [0.25, 0.3) is 11.8 Å². The summed E-state index contributed by atoms with van der Waals surface area (Å²) in [4.78, 5) is 50.6. The lowest BCUT2D eigenvalue weighted by atomic mass is 10.2. The standard InChI is InChI=1S/C14H21NO6/c1-3-4-5-6-9-20-13(18)10(2)14(19)21-15-11(16)7-8-12(15)17/h10H,3-9H2,1-2H3. The maximum absolute atomic E-state index is 11.7. The van der Waals surface area contributed by atoms with Crippen molar-refractivity contribution in [2.24, 2.45) is 5.92 Å². The average Bonchev–Trinajstić information content (AvgIpc) is 2.77. The summed E-state index contributed by atoms with van der Waals surface area (Å²) in [5, 5.41) is 0.424. The predicted molar refractivity (Wildman–Crippen MR) is 71.4 cm³/mol. The number of carbonyl (C=O) groups excluding carboxylic acids is 4. The molecule has 21 heavy (non-hydrogen) atoms. The number of imide groups is 1. The van der Waals surface area contributed by atoms with E-state index in [1.165, 1.54) is 6.92 Å². The fourth-order valence-corrected chi connectivity index (χ4v) is 1.75. The smallest absolute Gasteiger partial charge is 0.347 e. The van der Waals surface area contributed by atoms with Crippen molar-refractivity contribution in [1.82, 2.24) is 5.06 Å². The second-order valence-electron chi connectivity index (χ2n) is 4.94. The number of ether oxygens (including phenoxy) is 1. The Morgan fingerprint density at radius 3 is 2.29 bits per heavy atom. The van der Waals surface area contributed by atoms with Gasteiger partial charge in [0.05, 0.1) is 6.61 Å². The Kier molecular flexibility index (Phi) is 6.84. The number of hydrogen-bond acceptors (Lipinski definition) is 6.